The molecule has 1 saturated heterocycles. The summed E-state index contributed by atoms with van der Waals surface area (Å²) in [4.78, 5) is 0. The van der Waals surface area contributed by atoms with Crippen molar-refractivity contribution in [2.75, 3.05) is 16.8 Å². The Morgan fingerprint density at radius 2 is 2.07 bits per heavy atom. The minimum absolute atomic E-state index is 0.657. The number of anilines is 1. The molecule has 0 amide bonds. The Morgan fingerprint density at radius 1 is 1.33 bits per heavy atom. The lowest BCUT2D eigenvalue weighted by Gasteiger charge is -2.24. The second kappa shape index (κ2) is 5.26. The van der Waals surface area contributed by atoms with Gasteiger partial charge in [0.1, 0.15) is 0 Å². The lowest BCUT2D eigenvalue weighted by atomic mass is 10.1. The molecule has 15 heavy (non-hydrogen) atoms. The van der Waals surface area contributed by atoms with E-state index in [1.807, 2.05) is 0 Å². The van der Waals surface area contributed by atoms with E-state index in [9.17, 15) is 0 Å². The highest BCUT2D eigenvalue weighted by Crippen LogP contribution is 2.28. The zero-order valence-corrected chi connectivity index (χ0v) is 11.3. The van der Waals surface area contributed by atoms with Gasteiger partial charge >= 0.3 is 0 Å². The third-order valence-corrected chi connectivity index (χ3v) is 4.87. The first-order valence-corrected chi connectivity index (χ1v) is 7.31. The minimum atomic E-state index is 0.657. The number of aryl methyl sites for hydroxylation is 1. The first kappa shape index (κ1) is 11.3. The number of benzene rings is 1. The van der Waals surface area contributed by atoms with E-state index in [0.29, 0.717) is 6.04 Å². The molecule has 1 heterocycles. The first-order valence-electron chi connectivity index (χ1n) is 5.37. The molecule has 1 aliphatic heterocycles. The normalized spacial score (nSPS) is 17.7. The van der Waals surface area contributed by atoms with Gasteiger partial charge < -0.3 is 5.32 Å². The molecule has 0 saturated carbocycles. The lowest BCUT2D eigenvalue weighted by molar-refractivity contribution is 0.666. The van der Waals surface area contributed by atoms with Crippen molar-refractivity contribution in [1.82, 2.24) is 0 Å². The molecular formula is C12H16BrNS. The van der Waals surface area contributed by atoms with Gasteiger partial charge in [-0.3, -0.25) is 0 Å². The summed E-state index contributed by atoms with van der Waals surface area (Å²) in [6, 6.07) is 7.05. The van der Waals surface area contributed by atoms with Crippen LogP contribution < -0.4 is 5.32 Å². The number of rotatable bonds is 2. The summed E-state index contributed by atoms with van der Waals surface area (Å²) in [6.07, 6.45) is 2.57. The molecule has 0 unspecified atom stereocenters. The summed E-state index contributed by atoms with van der Waals surface area (Å²) >= 11 is 5.70. The third kappa shape index (κ3) is 2.91. The van der Waals surface area contributed by atoms with Crippen LogP contribution in [0.2, 0.25) is 0 Å². The van der Waals surface area contributed by atoms with Crippen LogP contribution in [0.25, 0.3) is 0 Å². The molecule has 82 valence electrons. The fraction of sp³-hybridized carbons (Fsp3) is 0.500. The van der Waals surface area contributed by atoms with Crippen LogP contribution in [0.15, 0.2) is 22.7 Å². The highest BCUT2D eigenvalue weighted by atomic mass is 79.9. The van der Waals surface area contributed by atoms with Gasteiger partial charge in [0.05, 0.1) is 0 Å². The SMILES string of the molecule is Cc1cccc(NC2CCSCC2)c1Br. The molecule has 1 aliphatic rings. The third-order valence-electron chi connectivity index (χ3n) is 2.77. The molecule has 1 aromatic rings. The van der Waals surface area contributed by atoms with Crippen LogP contribution in [-0.4, -0.2) is 17.5 Å². The number of nitrogens with one attached hydrogen (secondary N) is 1. The molecular weight excluding hydrogens is 270 g/mol. The average molecular weight is 286 g/mol. The molecule has 0 atom stereocenters. The van der Waals surface area contributed by atoms with Crippen LogP contribution in [0.4, 0.5) is 5.69 Å². The summed E-state index contributed by atoms with van der Waals surface area (Å²) in [5, 5.41) is 3.63. The monoisotopic (exact) mass is 285 g/mol. The summed E-state index contributed by atoms with van der Waals surface area (Å²) in [7, 11) is 0. The van der Waals surface area contributed by atoms with Gasteiger partial charge in [0.25, 0.3) is 0 Å². The standard InChI is InChI=1S/C12H16BrNS/c1-9-3-2-4-11(12(9)13)14-10-5-7-15-8-6-10/h2-4,10,14H,5-8H2,1H3. The van der Waals surface area contributed by atoms with Gasteiger partial charge in [-0.1, -0.05) is 12.1 Å². The smallest absolute Gasteiger partial charge is 0.0489 e. The molecule has 1 fully saturated rings. The summed E-state index contributed by atoms with van der Waals surface area (Å²) < 4.78 is 1.21. The van der Waals surface area contributed by atoms with E-state index < -0.39 is 0 Å². The van der Waals surface area contributed by atoms with Gasteiger partial charge in [0.2, 0.25) is 0 Å². The molecule has 2 rings (SSSR count). The van der Waals surface area contributed by atoms with Crippen molar-refractivity contribution in [1.29, 1.82) is 0 Å². The van der Waals surface area contributed by atoms with Crippen molar-refractivity contribution < 1.29 is 0 Å². The van der Waals surface area contributed by atoms with Crippen LogP contribution in [0.5, 0.6) is 0 Å². The predicted molar refractivity (Wildman–Crippen MR) is 72.8 cm³/mol. The van der Waals surface area contributed by atoms with Crippen molar-refractivity contribution in [2.45, 2.75) is 25.8 Å². The quantitative estimate of drug-likeness (QED) is 0.879. The topological polar surface area (TPSA) is 12.0 Å². The Balaban J connectivity index is 2.06. The molecule has 0 radical (unpaired) electrons. The van der Waals surface area contributed by atoms with Gasteiger partial charge in [0.15, 0.2) is 0 Å². The molecule has 1 N–H and O–H groups in total. The van der Waals surface area contributed by atoms with Crippen molar-refractivity contribution in [2.24, 2.45) is 0 Å². The Bertz CT molecular complexity index is 334. The van der Waals surface area contributed by atoms with Gasteiger partial charge in [-0.15, -0.1) is 0 Å². The summed E-state index contributed by atoms with van der Waals surface area (Å²) in [5.74, 6) is 2.59. The van der Waals surface area contributed by atoms with Crippen LogP contribution >= 0.6 is 27.7 Å². The molecule has 1 aromatic carbocycles. The predicted octanol–water partition coefficient (Wildman–Crippen LogP) is 4.07. The van der Waals surface area contributed by atoms with Crippen molar-refractivity contribution >= 4 is 33.4 Å². The van der Waals surface area contributed by atoms with Crippen LogP contribution in [0.1, 0.15) is 18.4 Å². The fourth-order valence-corrected chi connectivity index (χ4v) is 3.31. The Hall–Kier alpha value is -0.150. The Kier molecular flexibility index (Phi) is 3.98. The van der Waals surface area contributed by atoms with Gasteiger partial charge in [0, 0.05) is 16.2 Å². The van der Waals surface area contributed by atoms with Crippen LogP contribution in [-0.2, 0) is 0 Å². The van der Waals surface area contributed by atoms with E-state index in [-0.39, 0.29) is 0 Å². The number of hydrogen-bond acceptors (Lipinski definition) is 2. The van der Waals surface area contributed by atoms with E-state index in [4.69, 9.17) is 0 Å². The average Bonchev–Trinajstić information content (AvgIpc) is 2.26. The maximum Gasteiger partial charge on any atom is 0.0489 e. The molecule has 0 bridgehead atoms. The van der Waals surface area contributed by atoms with E-state index in [0.717, 1.165) is 0 Å². The number of halogens is 1. The van der Waals surface area contributed by atoms with E-state index >= 15 is 0 Å². The van der Waals surface area contributed by atoms with E-state index in [1.165, 1.54) is 40.1 Å². The Labute approximate surface area is 104 Å². The highest BCUT2D eigenvalue weighted by molar-refractivity contribution is 9.10. The first-order chi connectivity index (χ1) is 7.27. The fourth-order valence-electron chi connectivity index (χ4n) is 1.82. The second-order valence-electron chi connectivity index (χ2n) is 3.97. The van der Waals surface area contributed by atoms with Crippen molar-refractivity contribution in [3.8, 4) is 0 Å². The van der Waals surface area contributed by atoms with Crippen molar-refractivity contribution in [3.63, 3.8) is 0 Å². The van der Waals surface area contributed by atoms with E-state index in [1.54, 1.807) is 0 Å². The highest BCUT2D eigenvalue weighted by Gasteiger charge is 2.14. The minimum Gasteiger partial charge on any atom is -0.381 e. The Morgan fingerprint density at radius 3 is 2.80 bits per heavy atom. The van der Waals surface area contributed by atoms with Gasteiger partial charge in [-0.25, -0.2) is 0 Å². The largest absolute Gasteiger partial charge is 0.381 e. The zero-order chi connectivity index (χ0) is 10.7. The van der Waals surface area contributed by atoms with Crippen LogP contribution in [0, 0.1) is 6.92 Å². The van der Waals surface area contributed by atoms with Crippen LogP contribution in [0.3, 0.4) is 0 Å². The van der Waals surface area contributed by atoms with Gasteiger partial charge in [-0.2, -0.15) is 11.8 Å². The molecule has 0 spiro atoms. The number of hydrogen-bond donors (Lipinski definition) is 1. The summed E-state index contributed by atoms with van der Waals surface area (Å²) in [6.45, 7) is 2.13. The molecule has 3 heteroatoms. The lowest BCUT2D eigenvalue weighted by Crippen LogP contribution is -2.24. The summed E-state index contributed by atoms with van der Waals surface area (Å²) in [5.41, 5.74) is 2.54. The number of thioether (sulfide) groups is 1. The second-order valence-corrected chi connectivity index (χ2v) is 5.99. The molecule has 1 nitrogen and oxygen atoms in total. The van der Waals surface area contributed by atoms with Crippen molar-refractivity contribution in [3.05, 3.63) is 28.2 Å². The van der Waals surface area contributed by atoms with E-state index in [2.05, 4.69) is 58.1 Å². The maximum atomic E-state index is 3.64. The zero-order valence-electron chi connectivity index (χ0n) is 8.92. The molecule has 0 aromatic heterocycles. The molecule has 0 aliphatic carbocycles. The maximum absolute atomic E-state index is 3.64. The van der Waals surface area contributed by atoms with Gasteiger partial charge in [-0.05, 0) is 58.8 Å².